The quantitative estimate of drug-likeness (QED) is 0.802. The second-order valence-electron chi connectivity index (χ2n) is 8.99. The van der Waals surface area contributed by atoms with E-state index < -0.39 is 0 Å². The molecule has 0 bridgehead atoms. The monoisotopic (exact) mass is 316 g/mol. The average Bonchev–Trinajstić information content (AvgIpc) is 2.45. The number of benzene rings is 1. The van der Waals surface area contributed by atoms with E-state index in [1.54, 1.807) is 0 Å². The Labute approximate surface area is 140 Å². The molecule has 0 amide bonds. The average molecular weight is 316 g/mol. The van der Waals surface area contributed by atoms with Crippen LogP contribution in [0, 0.1) is 11.3 Å². The Balaban J connectivity index is 2.24. The van der Waals surface area contributed by atoms with Crippen LogP contribution in [-0.4, -0.2) is 10.2 Å². The number of rotatable bonds is 2. The fourth-order valence-electron chi connectivity index (χ4n) is 5.75. The minimum Gasteiger partial charge on any atom is -0.507 e. The van der Waals surface area contributed by atoms with Crippen LogP contribution in [0.5, 0.6) is 5.75 Å². The molecule has 2 N–H and O–H groups in total. The maximum Gasteiger partial charge on any atom is 0.124 e. The van der Waals surface area contributed by atoms with Crippen molar-refractivity contribution in [2.24, 2.45) is 11.3 Å². The third-order valence-corrected chi connectivity index (χ3v) is 6.80. The van der Waals surface area contributed by atoms with Gasteiger partial charge in [0.1, 0.15) is 5.75 Å². The molecule has 0 saturated heterocycles. The molecule has 0 aromatic heterocycles. The molecule has 3 rings (SSSR count). The minimum atomic E-state index is -0.0804. The van der Waals surface area contributed by atoms with Crippen LogP contribution in [0.1, 0.15) is 88.5 Å². The second-order valence-corrected chi connectivity index (χ2v) is 8.99. The summed E-state index contributed by atoms with van der Waals surface area (Å²) in [7, 11) is 0. The van der Waals surface area contributed by atoms with Gasteiger partial charge in [0.2, 0.25) is 0 Å². The van der Waals surface area contributed by atoms with Gasteiger partial charge in [-0.1, -0.05) is 41.0 Å². The summed E-state index contributed by atoms with van der Waals surface area (Å²) in [4.78, 5) is 0. The van der Waals surface area contributed by atoms with E-state index in [0.29, 0.717) is 22.6 Å². The zero-order valence-corrected chi connectivity index (χ0v) is 15.4. The summed E-state index contributed by atoms with van der Waals surface area (Å²) >= 11 is 0. The van der Waals surface area contributed by atoms with E-state index in [4.69, 9.17) is 0 Å². The maximum absolute atomic E-state index is 10.6. The molecule has 23 heavy (non-hydrogen) atoms. The van der Waals surface area contributed by atoms with Gasteiger partial charge in [0.05, 0.1) is 6.61 Å². The molecule has 2 unspecified atom stereocenters. The van der Waals surface area contributed by atoms with Gasteiger partial charge in [-0.25, -0.2) is 0 Å². The molecular weight excluding hydrogens is 284 g/mol. The van der Waals surface area contributed by atoms with Gasteiger partial charge >= 0.3 is 0 Å². The number of hydrogen-bond donors (Lipinski definition) is 2. The maximum atomic E-state index is 10.6. The number of fused-ring (bicyclic) bond motifs is 3. The highest BCUT2D eigenvalue weighted by atomic mass is 16.3. The lowest BCUT2D eigenvalue weighted by atomic mass is 9.50. The van der Waals surface area contributed by atoms with Gasteiger partial charge in [0.15, 0.2) is 0 Å². The molecule has 2 aliphatic carbocycles. The molecule has 2 heteroatoms. The smallest absolute Gasteiger partial charge is 0.124 e. The fraction of sp³-hybridized carbons (Fsp3) is 0.714. The van der Waals surface area contributed by atoms with Crippen LogP contribution in [-0.2, 0) is 18.4 Å². The molecule has 0 aliphatic heterocycles. The van der Waals surface area contributed by atoms with E-state index in [1.165, 1.54) is 36.8 Å². The SMILES string of the molecule is CC(C)c1c(O)c(CO)cc2c1CCC1C(C)(C)CCCC21C. The van der Waals surface area contributed by atoms with Gasteiger partial charge in [-0.05, 0) is 65.5 Å². The highest BCUT2D eigenvalue weighted by Gasteiger charge is 2.50. The molecule has 1 aromatic rings. The summed E-state index contributed by atoms with van der Waals surface area (Å²) in [6.07, 6.45) is 6.08. The van der Waals surface area contributed by atoms with E-state index in [2.05, 4.69) is 40.7 Å². The molecule has 2 atom stereocenters. The van der Waals surface area contributed by atoms with Crippen LogP contribution in [0.3, 0.4) is 0 Å². The van der Waals surface area contributed by atoms with Crippen molar-refractivity contribution >= 4 is 0 Å². The van der Waals surface area contributed by atoms with Crippen molar-refractivity contribution in [1.29, 1.82) is 0 Å². The van der Waals surface area contributed by atoms with Gasteiger partial charge in [0.25, 0.3) is 0 Å². The molecule has 1 aromatic carbocycles. The van der Waals surface area contributed by atoms with E-state index >= 15 is 0 Å². The zero-order chi connectivity index (χ0) is 17.0. The first-order valence-electron chi connectivity index (χ1n) is 9.21. The number of hydrogen-bond acceptors (Lipinski definition) is 2. The van der Waals surface area contributed by atoms with Crippen molar-refractivity contribution in [2.75, 3.05) is 0 Å². The molecule has 128 valence electrons. The van der Waals surface area contributed by atoms with Crippen LogP contribution in [0.4, 0.5) is 0 Å². The van der Waals surface area contributed by atoms with Crippen molar-refractivity contribution < 1.29 is 10.2 Å². The Morgan fingerprint density at radius 1 is 1.22 bits per heavy atom. The number of phenols is 1. The van der Waals surface area contributed by atoms with Crippen molar-refractivity contribution in [2.45, 2.75) is 84.7 Å². The first-order valence-corrected chi connectivity index (χ1v) is 9.21. The lowest BCUT2D eigenvalue weighted by Gasteiger charge is -2.55. The normalized spacial score (nSPS) is 29.3. The molecular formula is C21H32O2. The van der Waals surface area contributed by atoms with Gasteiger partial charge in [-0.2, -0.15) is 0 Å². The molecule has 1 fully saturated rings. The molecule has 0 heterocycles. The van der Waals surface area contributed by atoms with Crippen LogP contribution in [0.25, 0.3) is 0 Å². The second kappa shape index (κ2) is 5.51. The highest BCUT2D eigenvalue weighted by molar-refractivity contribution is 5.55. The Morgan fingerprint density at radius 3 is 2.52 bits per heavy atom. The minimum absolute atomic E-state index is 0.0804. The summed E-state index contributed by atoms with van der Waals surface area (Å²) in [6.45, 7) is 11.5. The van der Waals surface area contributed by atoms with Crippen LogP contribution in [0.15, 0.2) is 6.07 Å². The lowest BCUT2D eigenvalue weighted by Crippen LogP contribution is -2.48. The van der Waals surface area contributed by atoms with E-state index in [9.17, 15) is 10.2 Å². The summed E-state index contributed by atoms with van der Waals surface area (Å²) < 4.78 is 0. The number of aromatic hydroxyl groups is 1. The van der Waals surface area contributed by atoms with Gasteiger partial charge in [0, 0.05) is 11.1 Å². The van der Waals surface area contributed by atoms with Crippen LogP contribution < -0.4 is 0 Å². The molecule has 0 radical (unpaired) electrons. The Bertz CT molecular complexity index is 615. The van der Waals surface area contributed by atoms with Crippen LogP contribution >= 0.6 is 0 Å². The van der Waals surface area contributed by atoms with Crippen molar-refractivity contribution in [3.05, 3.63) is 28.3 Å². The van der Waals surface area contributed by atoms with E-state index in [1.807, 2.05) is 0 Å². The molecule has 2 aliphatic rings. The first kappa shape index (κ1) is 16.8. The predicted octanol–water partition coefficient (Wildman–Crippen LogP) is 5.04. The summed E-state index contributed by atoms with van der Waals surface area (Å²) in [6, 6.07) is 2.12. The van der Waals surface area contributed by atoms with E-state index in [-0.39, 0.29) is 17.9 Å². The Hall–Kier alpha value is -1.02. The number of aliphatic hydroxyl groups is 1. The zero-order valence-electron chi connectivity index (χ0n) is 15.4. The topological polar surface area (TPSA) is 40.5 Å². The van der Waals surface area contributed by atoms with Crippen LogP contribution in [0.2, 0.25) is 0 Å². The standard InChI is InChI=1S/C21H32O2/c1-13(2)18-15-7-8-17-20(3,4)9-6-10-21(17,5)16(15)11-14(12-22)19(18)23/h11,13,17,22-23H,6-10,12H2,1-5H3. The lowest BCUT2D eigenvalue weighted by molar-refractivity contribution is 0.0403. The van der Waals surface area contributed by atoms with Gasteiger partial charge in [-0.3, -0.25) is 0 Å². The first-order chi connectivity index (χ1) is 10.7. The summed E-state index contributed by atoms with van der Waals surface area (Å²) in [5.74, 6) is 1.30. The Kier molecular flexibility index (Phi) is 4.03. The van der Waals surface area contributed by atoms with Gasteiger partial charge in [-0.15, -0.1) is 0 Å². The third kappa shape index (κ3) is 2.41. The summed E-state index contributed by atoms with van der Waals surface area (Å²) in [5.41, 5.74) is 5.11. The van der Waals surface area contributed by atoms with Crippen molar-refractivity contribution in [3.63, 3.8) is 0 Å². The van der Waals surface area contributed by atoms with Crippen molar-refractivity contribution in [3.8, 4) is 5.75 Å². The Morgan fingerprint density at radius 2 is 1.91 bits per heavy atom. The van der Waals surface area contributed by atoms with Gasteiger partial charge < -0.3 is 10.2 Å². The molecule has 0 spiro atoms. The largest absolute Gasteiger partial charge is 0.507 e. The molecule has 2 nitrogen and oxygen atoms in total. The third-order valence-electron chi connectivity index (χ3n) is 6.80. The predicted molar refractivity (Wildman–Crippen MR) is 94.9 cm³/mol. The number of aliphatic hydroxyl groups excluding tert-OH is 1. The molecule has 1 saturated carbocycles. The van der Waals surface area contributed by atoms with Crippen molar-refractivity contribution in [1.82, 2.24) is 0 Å². The fourth-order valence-corrected chi connectivity index (χ4v) is 5.75. The summed E-state index contributed by atoms with van der Waals surface area (Å²) in [5, 5.41) is 20.4. The van der Waals surface area contributed by atoms with E-state index in [0.717, 1.165) is 12.0 Å². The highest BCUT2D eigenvalue weighted by Crippen LogP contribution is 2.58.